The molecule has 0 aromatic carbocycles. The molecule has 0 fully saturated rings. The van der Waals surface area contributed by atoms with Crippen LogP contribution in [0.1, 0.15) is 27.2 Å². The molecule has 0 amide bonds. The average molecular weight is 184 g/mol. The van der Waals surface area contributed by atoms with Crippen molar-refractivity contribution >= 4 is 0 Å². The summed E-state index contributed by atoms with van der Waals surface area (Å²) in [6.07, 6.45) is 5.39. The molecule has 0 rings (SSSR count). The van der Waals surface area contributed by atoms with Crippen LogP contribution in [-0.2, 0) is 0 Å². The zero-order valence-corrected chi connectivity index (χ0v) is 9.22. The van der Waals surface area contributed by atoms with Crippen molar-refractivity contribution in [2.24, 2.45) is 17.6 Å². The topological polar surface area (TPSA) is 38.0 Å². The summed E-state index contributed by atoms with van der Waals surface area (Å²) >= 11 is 0. The van der Waals surface area contributed by atoms with Gasteiger partial charge in [0, 0.05) is 0 Å². The summed E-state index contributed by atoms with van der Waals surface area (Å²) in [5.74, 6) is 1.30. The van der Waals surface area contributed by atoms with Crippen LogP contribution in [0, 0.1) is 11.8 Å². The van der Waals surface area contributed by atoms with Crippen molar-refractivity contribution in [3.8, 4) is 0 Å². The first kappa shape index (κ1) is 12.7. The average Bonchev–Trinajstić information content (AvgIpc) is 2.10. The fourth-order valence-corrected chi connectivity index (χ4v) is 1.23. The highest BCUT2D eigenvalue weighted by Gasteiger charge is 2.09. The van der Waals surface area contributed by atoms with Gasteiger partial charge in [-0.3, -0.25) is 0 Å². The quantitative estimate of drug-likeness (QED) is 0.467. The number of allylic oxidation sites excluding steroid dienone is 1. The second-order valence-corrected chi connectivity index (χ2v) is 3.80. The molecule has 78 valence electrons. The predicted octanol–water partition coefficient (Wildman–Crippen LogP) is 1.77. The van der Waals surface area contributed by atoms with Crippen LogP contribution in [0.15, 0.2) is 12.2 Å². The summed E-state index contributed by atoms with van der Waals surface area (Å²) in [5, 5.41) is 3.42. The number of hydrogen-bond acceptors (Lipinski definition) is 2. The monoisotopic (exact) mass is 184 g/mol. The van der Waals surface area contributed by atoms with Gasteiger partial charge in [0.1, 0.15) is 0 Å². The molecule has 0 radical (unpaired) electrons. The highest BCUT2D eigenvalue weighted by molar-refractivity contribution is 4.77. The number of rotatable bonds is 7. The van der Waals surface area contributed by atoms with E-state index in [0.717, 1.165) is 26.1 Å². The van der Waals surface area contributed by atoms with Gasteiger partial charge in [-0.05, 0) is 44.8 Å². The third-order valence-electron chi connectivity index (χ3n) is 2.38. The second kappa shape index (κ2) is 8.27. The van der Waals surface area contributed by atoms with Gasteiger partial charge < -0.3 is 11.1 Å². The first-order valence-corrected chi connectivity index (χ1v) is 5.24. The molecule has 2 heteroatoms. The van der Waals surface area contributed by atoms with Crippen molar-refractivity contribution in [1.29, 1.82) is 0 Å². The van der Waals surface area contributed by atoms with Crippen molar-refractivity contribution in [1.82, 2.24) is 5.32 Å². The normalized spacial score (nSPS) is 14.2. The standard InChI is InChI=1S/C11H24N2/c1-4-5-6-7-13-9-11(8-12)10(2)3/h4-5,10-11,13H,6-9,12H2,1-3H3/b5-4+. The van der Waals surface area contributed by atoms with Crippen molar-refractivity contribution < 1.29 is 0 Å². The number of nitrogens with one attached hydrogen (secondary N) is 1. The minimum atomic E-state index is 0.616. The Bertz CT molecular complexity index is 130. The largest absolute Gasteiger partial charge is 0.330 e. The van der Waals surface area contributed by atoms with Gasteiger partial charge in [0.25, 0.3) is 0 Å². The van der Waals surface area contributed by atoms with E-state index >= 15 is 0 Å². The Balaban J connectivity index is 3.38. The molecule has 1 unspecified atom stereocenters. The second-order valence-electron chi connectivity index (χ2n) is 3.80. The van der Waals surface area contributed by atoms with E-state index in [4.69, 9.17) is 5.73 Å². The molecule has 3 N–H and O–H groups in total. The van der Waals surface area contributed by atoms with Crippen molar-refractivity contribution in [2.75, 3.05) is 19.6 Å². The van der Waals surface area contributed by atoms with Crippen LogP contribution in [0.25, 0.3) is 0 Å². The van der Waals surface area contributed by atoms with E-state index in [2.05, 4.69) is 38.2 Å². The molecular weight excluding hydrogens is 160 g/mol. The maximum absolute atomic E-state index is 5.66. The summed E-state index contributed by atoms with van der Waals surface area (Å²) < 4.78 is 0. The molecule has 1 atom stereocenters. The van der Waals surface area contributed by atoms with Crippen LogP contribution in [0.5, 0.6) is 0 Å². The van der Waals surface area contributed by atoms with Gasteiger partial charge >= 0.3 is 0 Å². The summed E-state index contributed by atoms with van der Waals surface area (Å²) in [4.78, 5) is 0. The third-order valence-corrected chi connectivity index (χ3v) is 2.38. The predicted molar refractivity (Wildman–Crippen MR) is 59.7 cm³/mol. The van der Waals surface area contributed by atoms with Crippen LogP contribution in [0.4, 0.5) is 0 Å². The summed E-state index contributed by atoms with van der Waals surface area (Å²) in [7, 11) is 0. The zero-order valence-electron chi connectivity index (χ0n) is 9.22. The van der Waals surface area contributed by atoms with Crippen LogP contribution < -0.4 is 11.1 Å². The lowest BCUT2D eigenvalue weighted by atomic mass is 9.96. The van der Waals surface area contributed by atoms with Gasteiger partial charge in [0.2, 0.25) is 0 Å². The van der Waals surface area contributed by atoms with Crippen molar-refractivity contribution in [3.63, 3.8) is 0 Å². The minimum absolute atomic E-state index is 0.616. The molecule has 0 aliphatic heterocycles. The molecule has 0 spiro atoms. The van der Waals surface area contributed by atoms with E-state index in [0.29, 0.717) is 11.8 Å². The maximum Gasteiger partial charge on any atom is -0.000588 e. The Kier molecular flexibility index (Phi) is 8.05. The summed E-state index contributed by atoms with van der Waals surface area (Å²) in [6, 6.07) is 0. The lowest BCUT2D eigenvalue weighted by molar-refractivity contribution is 0.373. The Labute approximate surface area is 82.6 Å². The van der Waals surface area contributed by atoms with Gasteiger partial charge in [-0.25, -0.2) is 0 Å². The third kappa shape index (κ3) is 6.79. The Morgan fingerprint density at radius 2 is 2.08 bits per heavy atom. The van der Waals surface area contributed by atoms with Crippen LogP contribution in [0.3, 0.4) is 0 Å². The van der Waals surface area contributed by atoms with E-state index in [9.17, 15) is 0 Å². The fourth-order valence-electron chi connectivity index (χ4n) is 1.23. The van der Waals surface area contributed by atoms with Crippen LogP contribution in [0.2, 0.25) is 0 Å². The molecule has 0 aromatic heterocycles. The molecule has 0 aliphatic rings. The Hall–Kier alpha value is -0.340. The highest BCUT2D eigenvalue weighted by Crippen LogP contribution is 2.06. The molecule has 0 heterocycles. The van der Waals surface area contributed by atoms with E-state index < -0.39 is 0 Å². The van der Waals surface area contributed by atoms with E-state index in [-0.39, 0.29) is 0 Å². The molecule has 2 nitrogen and oxygen atoms in total. The van der Waals surface area contributed by atoms with Gasteiger partial charge in [0.05, 0.1) is 0 Å². The van der Waals surface area contributed by atoms with Crippen molar-refractivity contribution in [3.05, 3.63) is 12.2 Å². The van der Waals surface area contributed by atoms with Crippen molar-refractivity contribution in [2.45, 2.75) is 27.2 Å². The van der Waals surface area contributed by atoms with Gasteiger partial charge in [-0.2, -0.15) is 0 Å². The van der Waals surface area contributed by atoms with Gasteiger partial charge in [-0.1, -0.05) is 26.0 Å². The molecule has 0 aliphatic carbocycles. The lowest BCUT2D eigenvalue weighted by Gasteiger charge is -2.18. The van der Waals surface area contributed by atoms with Crippen LogP contribution >= 0.6 is 0 Å². The zero-order chi connectivity index (χ0) is 10.1. The summed E-state index contributed by atoms with van der Waals surface area (Å²) in [6.45, 7) is 9.40. The van der Waals surface area contributed by atoms with Crippen LogP contribution in [-0.4, -0.2) is 19.6 Å². The minimum Gasteiger partial charge on any atom is -0.330 e. The first-order valence-electron chi connectivity index (χ1n) is 5.24. The Morgan fingerprint density at radius 1 is 1.38 bits per heavy atom. The molecule has 0 aromatic rings. The summed E-state index contributed by atoms with van der Waals surface area (Å²) in [5.41, 5.74) is 5.66. The number of hydrogen-bond donors (Lipinski definition) is 2. The van der Waals surface area contributed by atoms with E-state index in [1.165, 1.54) is 0 Å². The molecular formula is C11H24N2. The molecule has 13 heavy (non-hydrogen) atoms. The maximum atomic E-state index is 5.66. The van der Waals surface area contributed by atoms with E-state index in [1.807, 2.05) is 0 Å². The number of nitrogens with two attached hydrogens (primary N) is 1. The SMILES string of the molecule is C/C=C/CCNCC(CN)C(C)C. The Morgan fingerprint density at radius 3 is 2.54 bits per heavy atom. The molecule has 0 bridgehead atoms. The smallest absolute Gasteiger partial charge is 0.000588 e. The highest BCUT2D eigenvalue weighted by atomic mass is 14.9. The van der Waals surface area contributed by atoms with Gasteiger partial charge in [-0.15, -0.1) is 0 Å². The van der Waals surface area contributed by atoms with Gasteiger partial charge in [0.15, 0.2) is 0 Å². The lowest BCUT2D eigenvalue weighted by Crippen LogP contribution is -2.32. The fraction of sp³-hybridized carbons (Fsp3) is 0.818. The first-order chi connectivity index (χ1) is 6.22. The molecule has 0 saturated carbocycles. The molecule has 0 saturated heterocycles. The van der Waals surface area contributed by atoms with E-state index in [1.54, 1.807) is 0 Å².